The summed E-state index contributed by atoms with van der Waals surface area (Å²) in [5.74, 6) is 0.642. The van der Waals surface area contributed by atoms with E-state index in [1.54, 1.807) is 18.5 Å². The molecule has 23 heavy (non-hydrogen) atoms. The molecule has 2 unspecified atom stereocenters. The van der Waals surface area contributed by atoms with Gasteiger partial charge in [0.2, 0.25) is 10.0 Å². The van der Waals surface area contributed by atoms with E-state index in [9.17, 15) is 13.5 Å². The second-order valence-corrected chi connectivity index (χ2v) is 8.42. The highest BCUT2D eigenvalue weighted by Gasteiger charge is 2.39. The molecule has 0 bridgehead atoms. The van der Waals surface area contributed by atoms with Gasteiger partial charge in [-0.1, -0.05) is 6.07 Å². The van der Waals surface area contributed by atoms with Crippen LogP contribution < -0.4 is 0 Å². The van der Waals surface area contributed by atoms with Gasteiger partial charge < -0.3 is 9.84 Å². The Bertz CT molecular complexity index is 604. The lowest BCUT2D eigenvalue weighted by molar-refractivity contribution is 0.0439. The van der Waals surface area contributed by atoms with Gasteiger partial charge in [0.15, 0.2) is 0 Å². The van der Waals surface area contributed by atoms with E-state index in [1.165, 1.54) is 17.1 Å². The van der Waals surface area contributed by atoms with Gasteiger partial charge in [0.25, 0.3) is 0 Å². The van der Waals surface area contributed by atoms with Gasteiger partial charge in [0.05, 0.1) is 24.6 Å². The third kappa shape index (κ3) is 4.50. The molecule has 2 heterocycles. The van der Waals surface area contributed by atoms with Crippen molar-refractivity contribution in [2.24, 2.45) is 5.92 Å². The second kappa shape index (κ2) is 7.25. The highest BCUT2D eigenvalue weighted by molar-refractivity contribution is 7.89. The van der Waals surface area contributed by atoms with Crippen LogP contribution in [0.2, 0.25) is 0 Å². The SMILES string of the molecule is O=S(=O)(CC1CCC(C2CC2)O1)N(CCO)Cc1cccnc1. The zero-order valence-corrected chi connectivity index (χ0v) is 14.0. The van der Waals surface area contributed by atoms with Crippen molar-refractivity contribution in [3.05, 3.63) is 30.1 Å². The van der Waals surface area contributed by atoms with Crippen molar-refractivity contribution in [3.8, 4) is 0 Å². The molecule has 0 radical (unpaired) electrons. The minimum Gasteiger partial charge on any atom is -0.395 e. The van der Waals surface area contributed by atoms with Gasteiger partial charge in [-0.05, 0) is 43.2 Å². The quantitative estimate of drug-likeness (QED) is 0.768. The Hall–Kier alpha value is -1.02. The number of pyridine rings is 1. The zero-order chi connectivity index (χ0) is 16.3. The Balaban J connectivity index is 1.62. The first-order chi connectivity index (χ1) is 11.1. The van der Waals surface area contributed by atoms with Crippen molar-refractivity contribution in [1.29, 1.82) is 0 Å². The molecular formula is C16H24N2O4S. The lowest BCUT2D eigenvalue weighted by Crippen LogP contribution is -2.38. The molecule has 128 valence electrons. The summed E-state index contributed by atoms with van der Waals surface area (Å²) in [4.78, 5) is 4.01. The van der Waals surface area contributed by atoms with Gasteiger partial charge in [-0.15, -0.1) is 0 Å². The Morgan fingerprint density at radius 2 is 2.13 bits per heavy atom. The third-order valence-corrected chi connectivity index (χ3v) is 6.40. The Kier molecular flexibility index (Phi) is 5.31. The maximum absolute atomic E-state index is 12.7. The van der Waals surface area contributed by atoms with Crippen LogP contribution in [-0.4, -0.2) is 53.9 Å². The minimum atomic E-state index is -3.47. The summed E-state index contributed by atoms with van der Waals surface area (Å²) in [6.45, 7) is 0.126. The molecular weight excluding hydrogens is 316 g/mol. The summed E-state index contributed by atoms with van der Waals surface area (Å²) in [6.07, 6.45) is 7.52. The molecule has 1 aromatic heterocycles. The van der Waals surface area contributed by atoms with E-state index in [4.69, 9.17) is 4.74 Å². The van der Waals surface area contributed by atoms with Crippen molar-refractivity contribution in [2.75, 3.05) is 18.9 Å². The predicted molar refractivity (Wildman–Crippen MR) is 86.1 cm³/mol. The largest absolute Gasteiger partial charge is 0.395 e. The van der Waals surface area contributed by atoms with Crippen molar-refractivity contribution in [3.63, 3.8) is 0 Å². The number of sulfonamides is 1. The molecule has 1 aromatic rings. The van der Waals surface area contributed by atoms with Crippen molar-refractivity contribution in [1.82, 2.24) is 9.29 Å². The van der Waals surface area contributed by atoms with E-state index >= 15 is 0 Å². The topological polar surface area (TPSA) is 79.7 Å². The van der Waals surface area contributed by atoms with Crippen LogP contribution in [0.1, 0.15) is 31.2 Å². The Morgan fingerprint density at radius 1 is 1.30 bits per heavy atom. The summed E-state index contributed by atoms with van der Waals surface area (Å²) in [5.41, 5.74) is 0.813. The van der Waals surface area contributed by atoms with Gasteiger partial charge in [-0.25, -0.2) is 8.42 Å². The molecule has 1 aliphatic heterocycles. The number of rotatable bonds is 8. The molecule has 3 rings (SSSR count). The molecule has 7 heteroatoms. The zero-order valence-electron chi connectivity index (χ0n) is 13.2. The van der Waals surface area contributed by atoms with Crippen LogP contribution >= 0.6 is 0 Å². The van der Waals surface area contributed by atoms with Crippen molar-refractivity contribution in [2.45, 2.75) is 44.4 Å². The fraction of sp³-hybridized carbons (Fsp3) is 0.688. The van der Waals surface area contributed by atoms with E-state index in [1.807, 2.05) is 6.07 Å². The van der Waals surface area contributed by atoms with Gasteiger partial charge in [0.1, 0.15) is 0 Å². The van der Waals surface area contributed by atoms with Crippen LogP contribution in [0.25, 0.3) is 0 Å². The summed E-state index contributed by atoms with van der Waals surface area (Å²) in [6, 6.07) is 3.61. The molecule has 0 amide bonds. The minimum absolute atomic E-state index is 0.00349. The number of aliphatic hydroxyl groups is 1. The molecule has 1 saturated carbocycles. The molecule has 2 fully saturated rings. The van der Waals surface area contributed by atoms with Crippen LogP contribution in [0.3, 0.4) is 0 Å². The molecule has 2 aliphatic rings. The Morgan fingerprint density at radius 3 is 2.78 bits per heavy atom. The number of ether oxygens (including phenoxy) is 1. The lowest BCUT2D eigenvalue weighted by atomic mass is 10.1. The van der Waals surface area contributed by atoms with Crippen molar-refractivity contribution < 1.29 is 18.3 Å². The number of aliphatic hydroxyl groups excluding tert-OH is 1. The van der Waals surface area contributed by atoms with E-state index in [2.05, 4.69) is 4.98 Å². The average Bonchev–Trinajstić information content (AvgIpc) is 3.28. The fourth-order valence-corrected chi connectivity index (χ4v) is 4.77. The van der Waals surface area contributed by atoms with E-state index < -0.39 is 10.0 Å². The first-order valence-electron chi connectivity index (χ1n) is 8.21. The van der Waals surface area contributed by atoms with Crippen LogP contribution in [0, 0.1) is 5.92 Å². The highest BCUT2D eigenvalue weighted by Crippen LogP contribution is 2.40. The number of hydrogen-bond acceptors (Lipinski definition) is 5. The van der Waals surface area contributed by atoms with Gasteiger partial charge in [-0.3, -0.25) is 4.98 Å². The predicted octanol–water partition coefficient (Wildman–Crippen LogP) is 1.16. The summed E-state index contributed by atoms with van der Waals surface area (Å²) < 4.78 is 32.6. The number of nitrogens with zero attached hydrogens (tertiary/aromatic N) is 2. The second-order valence-electron chi connectivity index (χ2n) is 6.41. The van der Waals surface area contributed by atoms with Crippen LogP contribution in [0.4, 0.5) is 0 Å². The van der Waals surface area contributed by atoms with Gasteiger partial charge in [-0.2, -0.15) is 4.31 Å². The molecule has 1 saturated heterocycles. The molecule has 1 aliphatic carbocycles. The van der Waals surface area contributed by atoms with Gasteiger partial charge in [0, 0.05) is 25.5 Å². The highest BCUT2D eigenvalue weighted by atomic mass is 32.2. The number of hydrogen-bond donors (Lipinski definition) is 1. The molecule has 2 atom stereocenters. The average molecular weight is 340 g/mol. The first kappa shape index (κ1) is 16.8. The lowest BCUT2D eigenvalue weighted by Gasteiger charge is -2.23. The van der Waals surface area contributed by atoms with E-state index in [0.717, 1.165) is 18.4 Å². The molecule has 6 nitrogen and oxygen atoms in total. The maximum atomic E-state index is 12.7. The third-order valence-electron chi connectivity index (χ3n) is 4.51. The maximum Gasteiger partial charge on any atom is 0.217 e. The molecule has 0 spiro atoms. The van der Waals surface area contributed by atoms with Gasteiger partial charge >= 0.3 is 0 Å². The summed E-state index contributed by atoms with van der Waals surface area (Å²) >= 11 is 0. The smallest absolute Gasteiger partial charge is 0.217 e. The van der Waals surface area contributed by atoms with E-state index in [-0.39, 0.29) is 37.7 Å². The normalized spacial score (nSPS) is 25.1. The Labute approximate surface area is 137 Å². The van der Waals surface area contributed by atoms with E-state index in [0.29, 0.717) is 5.92 Å². The van der Waals surface area contributed by atoms with Crippen LogP contribution in [-0.2, 0) is 21.3 Å². The summed E-state index contributed by atoms with van der Waals surface area (Å²) in [5, 5.41) is 9.21. The fourth-order valence-electron chi connectivity index (χ4n) is 3.13. The van der Waals surface area contributed by atoms with Crippen molar-refractivity contribution >= 4 is 10.0 Å². The molecule has 1 N–H and O–H groups in total. The standard InChI is InChI=1S/C16H24N2O4S/c19-9-8-18(11-13-2-1-7-17-10-13)23(20,21)12-15-5-6-16(22-15)14-3-4-14/h1-2,7,10,14-16,19H,3-6,8-9,11-12H2. The summed E-state index contributed by atoms with van der Waals surface area (Å²) in [7, 11) is -3.47. The van der Waals surface area contributed by atoms with Crippen LogP contribution in [0.5, 0.6) is 0 Å². The molecule has 0 aromatic carbocycles. The van der Waals surface area contributed by atoms with Crippen LogP contribution in [0.15, 0.2) is 24.5 Å². The monoisotopic (exact) mass is 340 g/mol. The first-order valence-corrected chi connectivity index (χ1v) is 9.82. The number of aromatic nitrogens is 1.